The topological polar surface area (TPSA) is 557 Å². The number of rotatable bonds is 26. The summed E-state index contributed by atoms with van der Waals surface area (Å²) in [5, 5.41) is 88.3. The smallest absolute Gasteiger partial charge is 0.317 e. The number of allylic oxidation sites excluding steroid dienone is 4. The number of aliphatic imine (C=N–C) groups is 1. The maximum Gasteiger partial charge on any atom is 0.317 e. The molecule has 7 rings (SSSR count). The minimum absolute atomic E-state index is 0.00563. The number of aliphatic hydroxyl groups is 1. The summed E-state index contributed by atoms with van der Waals surface area (Å²) < 4.78 is 0. The number of carboxylic acids is 3. The van der Waals surface area contributed by atoms with E-state index in [1.807, 2.05) is 6.08 Å². The number of nitrogens with zero attached hydrogens (tertiary/aromatic N) is 5. The molecular weight excluding hydrogens is 1470 g/mol. The van der Waals surface area contributed by atoms with Gasteiger partial charge < -0.3 is 95.5 Å². The van der Waals surface area contributed by atoms with Crippen LogP contribution in [0.15, 0.2) is 95.7 Å². The molecule has 0 spiro atoms. The average Bonchev–Trinajstić information content (AvgIpc) is 1.65. The third kappa shape index (κ3) is 29.4. The van der Waals surface area contributed by atoms with E-state index in [2.05, 4.69) is 63.5 Å². The number of nitrogens with two attached hydrogens (primary N) is 2. The van der Waals surface area contributed by atoms with Gasteiger partial charge in [0.25, 0.3) is 0 Å². The number of carbonyl (C=O) groups excluding carboxylic acids is 10. The average molecular weight is 1570 g/mol. The number of phenolic OH excluding ortho intramolecular Hbond substituents is 1. The van der Waals surface area contributed by atoms with Gasteiger partial charge in [-0.05, 0) is 86.9 Å². The molecule has 2 bridgehead atoms. The number of nitrogens with one attached hydrogen (secondary N) is 12. The number of fused-ring (bicyclic) bond motifs is 6. The summed E-state index contributed by atoms with van der Waals surface area (Å²) >= 11 is 0. The lowest BCUT2D eigenvalue weighted by Gasteiger charge is -2.33. The van der Waals surface area contributed by atoms with Gasteiger partial charge in [-0.2, -0.15) is 0 Å². The zero-order chi connectivity index (χ0) is 79.8. The van der Waals surface area contributed by atoms with Crippen LogP contribution >= 0.6 is 21.6 Å². The first-order valence-corrected chi connectivity index (χ1v) is 38.8. The summed E-state index contributed by atoms with van der Waals surface area (Å²) in [6.45, 7) is -0.324. The molecule has 4 heterocycles. The van der Waals surface area contributed by atoms with E-state index < -0.39 is 188 Å². The van der Waals surface area contributed by atoms with Crippen LogP contribution in [0.4, 0.5) is 0 Å². The zero-order valence-corrected chi connectivity index (χ0v) is 62.7. The maximum atomic E-state index is 15.2. The van der Waals surface area contributed by atoms with Crippen LogP contribution in [-0.4, -0.2) is 304 Å². The standard InChI is InChI=1S/C71H101N19O18S2/c1-42(91)61-70(108)85-55-40-109-110-41-56(69(107)82-53(32-43-10-3-2-4-11-43)67(105)83-54(34-45-35-77-48-13-6-5-12-47(45)48)68(106)80-49(65(103)86-61)14-7-8-21-72)84-63(101)50(15-9-22-76-71(73)74)79-64(102)51(20-23-75-62(55)100)81-66(104)52(33-44-16-18-46(92)19-17-44)78-57(93)36-87-24-26-88(37-58(94)95)28-30-90(39-60(98)99)31-29-89(27-25-87)38-59(96)97/h2-6,10-13,16-19,35,42,47,49-56,61,91-92H,7-9,14-15,20-34,36-41,72H2,1H3,(H,75,100)(H,78,93)(H,79,102)(H,80,106)(H,81,104)(H,82,107)(H,83,105)(H,84,101)(H,85,108)(H,86,103)(H,94,95)(H,96,97)(H,98,99)(H4,73,74,76). The highest BCUT2D eigenvalue weighted by Gasteiger charge is 2.39. The van der Waals surface area contributed by atoms with Gasteiger partial charge in [0.15, 0.2) is 5.96 Å². The number of guanidine groups is 1. The van der Waals surface area contributed by atoms with E-state index in [9.17, 15) is 63.9 Å². The predicted octanol–water partition coefficient (Wildman–Crippen LogP) is -4.83. The number of benzene rings is 2. The normalized spacial score (nSPS) is 24.4. The van der Waals surface area contributed by atoms with Crippen LogP contribution < -0.4 is 70.0 Å². The molecule has 2 aromatic rings. The number of unbranched alkanes of at least 4 members (excludes halogenated alkanes) is 1. The SMILES string of the molecule is CC(O)C1NC(=O)C(CCCCN)NC(=O)C(CC2=CN=C3C=CC=CC23)NC(=O)C(Cc2ccccc2)NC(=O)C2CSSCC(NC1=O)C(=O)NCCC(NC(=O)C(Cc1ccc(O)cc1)NC(=O)CN1CCN(CC(=O)O)CCN(CC(=O)O)CCN(CC(=O)O)CC1)C(=O)NC(CCCNC(=N)N)C(=O)N2. The molecule has 600 valence electrons. The van der Waals surface area contributed by atoms with Crippen molar-refractivity contribution in [2.24, 2.45) is 22.4 Å². The molecule has 10 amide bonds. The van der Waals surface area contributed by atoms with Crippen LogP contribution in [0.3, 0.4) is 0 Å². The van der Waals surface area contributed by atoms with Crippen molar-refractivity contribution in [3.05, 3.63) is 102 Å². The Kier molecular flexibility index (Phi) is 35.3. The second kappa shape index (κ2) is 44.6. The van der Waals surface area contributed by atoms with Crippen molar-refractivity contribution in [1.29, 1.82) is 5.41 Å². The van der Waals surface area contributed by atoms with Gasteiger partial charge in [-0.25, -0.2) is 0 Å². The maximum absolute atomic E-state index is 15.2. The van der Waals surface area contributed by atoms with Crippen molar-refractivity contribution in [2.45, 2.75) is 125 Å². The highest BCUT2D eigenvalue weighted by Crippen LogP contribution is 2.29. The summed E-state index contributed by atoms with van der Waals surface area (Å²) in [6.07, 6.45) is 6.48. The number of aliphatic carboxylic acids is 3. The lowest BCUT2D eigenvalue weighted by molar-refractivity contribution is -0.140. The molecule has 11 unspecified atom stereocenters. The van der Waals surface area contributed by atoms with Crippen molar-refractivity contribution in [1.82, 2.24) is 78.1 Å². The van der Waals surface area contributed by atoms with Gasteiger partial charge in [0, 0.05) is 108 Å². The number of phenols is 1. The molecule has 21 N–H and O–H groups in total. The molecule has 3 saturated heterocycles. The largest absolute Gasteiger partial charge is 0.508 e. The first kappa shape index (κ1) is 87.2. The monoisotopic (exact) mass is 1570 g/mol. The van der Waals surface area contributed by atoms with Gasteiger partial charge in [0.05, 0.1) is 38.0 Å². The molecule has 1 aliphatic carbocycles. The third-order valence-electron chi connectivity index (χ3n) is 18.6. The molecule has 39 heteroatoms. The third-order valence-corrected chi connectivity index (χ3v) is 21.0. The van der Waals surface area contributed by atoms with Crippen molar-refractivity contribution < 1.29 is 87.9 Å². The van der Waals surface area contributed by atoms with Gasteiger partial charge in [0.2, 0.25) is 59.1 Å². The van der Waals surface area contributed by atoms with Crippen LogP contribution in [0.1, 0.15) is 63.0 Å². The van der Waals surface area contributed by atoms with Crippen LogP contribution in [0.2, 0.25) is 0 Å². The number of hydrogen-bond donors (Lipinski definition) is 19. The summed E-state index contributed by atoms with van der Waals surface area (Å²) in [5.41, 5.74) is 13.7. The first-order valence-electron chi connectivity index (χ1n) is 36.3. The van der Waals surface area contributed by atoms with Crippen LogP contribution in [0, 0.1) is 11.3 Å². The lowest BCUT2D eigenvalue weighted by atomic mass is 9.88. The van der Waals surface area contributed by atoms with Gasteiger partial charge in [-0.15, -0.1) is 0 Å². The second-order valence-corrected chi connectivity index (χ2v) is 29.8. The summed E-state index contributed by atoms with van der Waals surface area (Å²) in [4.78, 5) is 196. The first-order chi connectivity index (χ1) is 52.6. The predicted molar refractivity (Wildman–Crippen MR) is 406 cm³/mol. The van der Waals surface area contributed by atoms with Crippen LogP contribution in [0.5, 0.6) is 5.75 Å². The summed E-state index contributed by atoms with van der Waals surface area (Å²) in [5.74, 6) is -14.5. The fourth-order valence-electron chi connectivity index (χ4n) is 12.6. The fraction of sp³-hybridized carbons (Fsp3) is 0.535. The molecule has 3 fully saturated rings. The van der Waals surface area contributed by atoms with E-state index in [0.29, 0.717) is 28.8 Å². The van der Waals surface area contributed by atoms with E-state index >= 15 is 24.0 Å². The van der Waals surface area contributed by atoms with E-state index in [1.54, 1.807) is 74.4 Å². The molecule has 4 aliphatic heterocycles. The van der Waals surface area contributed by atoms with E-state index in [-0.39, 0.29) is 128 Å². The Hall–Kier alpha value is -10.0. The molecule has 0 saturated carbocycles. The Morgan fingerprint density at radius 2 is 1.13 bits per heavy atom. The van der Waals surface area contributed by atoms with Crippen molar-refractivity contribution >= 4 is 110 Å². The Labute approximate surface area is 643 Å². The number of amides is 10. The molecule has 0 radical (unpaired) electrons. The number of aliphatic hydroxyl groups excluding tert-OH is 1. The Morgan fingerprint density at radius 1 is 0.609 bits per heavy atom. The van der Waals surface area contributed by atoms with Crippen LogP contribution in [0.25, 0.3) is 0 Å². The lowest BCUT2D eigenvalue weighted by Crippen LogP contribution is -2.62. The number of aromatic hydroxyl groups is 1. The molecule has 110 heavy (non-hydrogen) atoms. The number of carboxylic acid groups (broad SMARTS) is 3. The van der Waals surface area contributed by atoms with Crippen molar-refractivity contribution in [3.63, 3.8) is 0 Å². The summed E-state index contributed by atoms with van der Waals surface area (Å²) in [6, 6.07) is -0.0329. The summed E-state index contributed by atoms with van der Waals surface area (Å²) in [7, 11) is 1.92. The van der Waals surface area contributed by atoms with Gasteiger partial charge in [0.1, 0.15) is 60.1 Å². The van der Waals surface area contributed by atoms with Crippen molar-refractivity contribution in [3.8, 4) is 5.75 Å². The molecule has 5 aliphatic rings. The van der Waals surface area contributed by atoms with Gasteiger partial charge in [-0.3, -0.25) is 92.3 Å². The molecule has 37 nitrogen and oxygen atoms in total. The Balaban J connectivity index is 1.26. The number of carbonyl (C=O) groups is 13. The Bertz CT molecular complexity index is 3670. The zero-order valence-electron chi connectivity index (χ0n) is 61.1. The van der Waals surface area contributed by atoms with Gasteiger partial charge in [-0.1, -0.05) is 82.3 Å². The molecule has 0 aromatic heterocycles. The van der Waals surface area contributed by atoms with E-state index in [4.69, 9.17) is 16.9 Å². The Morgan fingerprint density at radius 3 is 1.70 bits per heavy atom. The molecule has 2 aromatic carbocycles. The van der Waals surface area contributed by atoms with E-state index in [1.165, 1.54) is 31.2 Å². The van der Waals surface area contributed by atoms with Crippen LogP contribution in [-0.2, 0) is 75.2 Å². The second-order valence-electron chi connectivity index (χ2n) is 27.2. The van der Waals surface area contributed by atoms with E-state index in [0.717, 1.165) is 21.6 Å². The highest BCUT2D eigenvalue weighted by molar-refractivity contribution is 8.76. The highest BCUT2D eigenvalue weighted by atomic mass is 33.1. The van der Waals surface area contributed by atoms with Crippen molar-refractivity contribution in [2.75, 3.05) is 110 Å². The quantitative estimate of drug-likeness (QED) is 0.0182. The fourth-order valence-corrected chi connectivity index (χ4v) is 15.0. The molecular formula is C71H101N19O18S2. The molecule has 11 atom stereocenters. The minimum Gasteiger partial charge on any atom is -0.508 e. The van der Waals surface area contributed by atoms with Gasteiger partial charge >= 0.3 is 17.9 Å². The minimum atomic E-state index is -1.79. The number of hydrogen-bond acceptors (Lipinski definition) is 24.